The summed E-state index contributed by atoms with van der Waals surface area (Å²) in [6, 6.07) is 2.52. The Morgan fingerprint density at radius 1 is 1.34 bits per heavy atom. The highest BCUT2D eigenvalue weighted by Crippen LogP contribution is 2.41. The maximum atomic E-state index is 14.0. The fourth-order valence-electron chi connectivity index (χ4n) is 3.99. The molecule has 0 aliphatic carbocycles. The zero-order valence-corrected chi connectivity index (χ0v) is 21.4. The summed E-state index contributed by atoms with van der Waals surface area (Å²) in [5, 5.41) is 3.86. The number of halogens is 3. The summed E-state index contributed by atoms with van der Waals surface area (Å²) in [6.07, 6.45) is 5.18. The van der Waals surface area contributed by atoms with Crippen molar-refractivity contribution in [3.8, 4) is 5.75 Å². The van der Waals surface area contributed by atoms with Gasteiger partial charge >= 0.3 is 6.03 Å². The molecule has 2 amide bonds. The maximum Gasteiger partial charge on any atom is 0.318 e. The van der Waals surface area contributed by atoms with Crippen molar-refractivity contribution in [2.45, 2.75) is 45.8 Å². The van der Waals surface area contributed by atoms with Crippen molar-refractivity contribution in [2.75, 3.05) is 18.8 Å². The van der Waals surface area contributed by atoms with Crippen LogP contribution in [0, 0.1) is 5.82 Å². The van der Waals surface area contributed by atoms with Crippen LogP contribution in [-0.4, -0.2) is 34.5 Å². The average Bonchev–Trinajstić information content (AvgIpc) is 3.22. The lowest BCUT2D eigenvalue weighted by atomic mass is 9.99. The van der Waals surface area contributed by atoms with Crippen LogP contribution in [0.4, 0.5) is 15.0 Å². The molecule has 10 heteroatoms. The molecule has 3 N–H and O–H groups in total. The number of nitrogens with one attached hydrogen (secondary N) is 1. The van der Waals surface area contributed by atoms with Crippen molar-refractivity contribution in [3.63, 3.8) is 0 Å². The lowest BCUT2D eigenvalue weighted by Crippen LogP contribution is -2.49. The van der Waals surface area contributed by atoms with Gasteiger partial charge in [-0.2, -0.15) is 0 Å². The van der Waals surface area contributed by atoms with Gasteiger partial charge in [-0.05, 0) is 51.8 Å². The number of urea groups is 1. The van der Waals surface area contributed by atoms with E-state index in [1.807, 2.05) is 26.8 Å². The lowest BCUT2D eigenvalue weighted by molar-refractivity contribution is 0.193. The number of carbonyl (C=O) groups excluding carboxylic acids is 1. The Hall–Kier alpha value is -2.97. The first kappa shape index (κ1) is 25.1. The van der Waals surface area contributed by atoms with E-state index in [0.717, 1.165) is 16.5 Å². The van der Waals surface area contributed by atoms with Gasteiger partial charge in [0.1, 0.15) is 11.9 Å². The van der Waals surface area contributed by atoms with E-state index in [1.165, 1.54) is 12.1 Å². The van der Waals surface area contributed by atoms with Crippen molar-refractivity contribution in [2.24, 2.45) is 0 Å². The second-order valence-corrected chi connectivity index (χ2v) is 10.3. The van der Waals surface area contributed by atoms with Gasteiger partial charge in [-0.15, -0.1) is 0 Å². The average molecular weight is 521 g/mol. The molecule has 0 spiro atoms. The molecule has 2 aromatic heterocycles. The summed E-state index contributed by atoms with van der Waals surface area (Å²) >= 11 is 12.4. The molecular weight excluding hydrogens is 494 g/mol. The van der Waals surface area contributed by atoms with E-state index in [-0.39, 0.29) is 33.2 Å². The van der Waals surface area contributed by atoms with Crippen LogP contribution >= 0.6 is 23.2 Å². The number of pyridine rings is 1. The van der Waals surface area contributed by atoms with Crippen LogP contribution in [0.2, 0.25) is 10.0 Å². The fraction of sp³-hybridized carbons (Fsp3) is 0.360. The van der Waals surface area contributed by atoms with E-state index in [9.17, 15) is 9.18 Å². The van der Waals surface area contributed by atoms with E-state index < -0.39 is 11.9 Å². The number of anilines is 1. The molecule has 3 aromatic rings. The van der Waals surface area contributed by atoms with E-state index in [4.69, 9.17) is 38.1 Å². The SMILES string of the molecule is CC(Oc1c(N)ncc2c(C3=CCN(C(=O)NC(C)(C)C)CC3)coc12)c1c(Cl)ccc(F)c1Cl. The number of furan rings is 1. The number of ether oxygens (including phenoxy) is 1. The van der Waals surface area contributed by atoms with Crippen LogP contribution in [0.1, 0.15) is 51.3 Å². The maximum absolute atomic E-state index is 14.0. The number of hydrogen-bond donors (Lipinski definition) is 2. The zero-order chi connectivity index (χ0) is 25.5. The first-order valence-electron chi connectivity index (χ1n) is 11.2. The molecule has 0 fully saturated rings. The highest BCUT2D eigenvalue weighted by molar-refractivity contribution is 6.36. The highest BCUT2D eigenvalue weighted by atomic mass is 35.5. The quantitative estimate of drug-likeness (QED) is 0.378. The minimum Gasteiger partial charge on any atom is -0.478 e. The number of nitrogens with two attached hydrogens (primary N) is 1. The molecular formula is C25H27Cl2FN4O3. The van der Waals surface area contributed by atoms with Crippen molar-refractivity contribution in [1.82, 2.24) is 15.2 Å². The molecule has 0 saturated heterocycles. The number of carbonyl (C=O) groups is 1. The molecule has 0 radical (unpaired) electrons. The smallest absolute Gasteiger partial charge is 0.318 e. The van der Waals surface area contributed by atoms with Crippen molar-refractivity contribution < 1.29 is 18.3 Å². The molecule has 1 unspecified atom stereocenters. The number of rotatable bonds is 4. The van der Waals surface area contributed by atoms with Crippen LogP contribution in [0.15, 0.2) is 35.1 Å². The Morgan fingerprint density at radius 2 is 2.09 bits per heavy atom. The number of benzene rings is 1. The molecule has 186 valence electrons. The van der Waals surface area contributed by atoms with Crippen LogP contribution in [0.5, 0.6) is 5.75 Å². The largest absolute Gasteiger partial charge is 0.478 e. The number of nitrogens with zero attached hydrogens (tertiary/aromatic N) is 2. The minimum absolute atomic E-state index is 0.0985. The van der Waals surface area contributed by atoms with Gasteiger partial charge in [-0.1, -0.05) is 29.3 Å². The van der Waals surface area contributed by atoms with Gasteiger partial charge in [0.15, 0.2) is 11.4 Å². The second kappa shape index (κ2) is 9.59. The molecule has 3 heterocycles. The molecule has 7 nitrogen and oxygen atoms in total. The van der Waals surface area contributed by atoms with Gasteiger partial charge in [-0.3, -0.25) is 0 Å². The third-order valence-corrected chi connectivity index (χ3v) is 6.42. The summed E-state index contributed by atoms with van der Waals surface area (Å²) < 4.78 is 25.9. The molecule has 4 rings (SSSR count). The first-order chi connectivity index (χ1) is 16.5. The van der Waals surface area contributed by atoms with Crippen LogP contribution in [0.25, 0.3) is 16.5 Å². The van der Waals surface area contributed by atoms with Gasteiger partial charge in [0.05, 0.1) is 16.7 Å². The van der Waals surface area contributed by atoms with Crippen LogP contribution in [-0.2, 0) is 0 Å². The van der Waals surface area contributed by atoms with Crippen LogP contribution < -0.4 is 15.8 Å². The van der Waals surface area contributed by atoms with E-state index >= 15 is 0 Å². The summed E-state index contributed by atoms with van der Waals surface area (Å²) in [5.74, 6) is -0.252. The van der Waals surface area contributed by atoms with Gasteiger partial charge in [0, 0.05) is 41.0 Å². The van der Waals surface area contributed by atoms with Crippen molar-refractivity contribution >= 4 is 51.6 Å². The molecule has 0 bridgehead atoms. The Kier molecular flexibility index (Phi) is 6.88. The predicted octanol–water partition coefficient (Wildman–Crippen LogP) is 6.59. The van der Waals surface area contributed by atoms with Gasteiger partial charge in [0.25, 0.3) is 0 Å². The lowest BCUT2D eigenvalue weighted by Gasteiger charge is -2.30. The van der Waals surface area contributed by atoms with Crippen LogP contribution in [0.3, 0.4) is 0 Å². The van der Waals surface area contributed by atoms with E-state index in [0.29, 0.717) is 30.7 Å². The molecule has 1 aliphatic rings. The molecule has 1 atom stereocenters. The number of fused-ring (bicyclic) bond motifs is 1. The van der Waals surface area contributed by atoms with Gasteiger partial charge in [-0.25, -0.2) is 14.2 Å². The van der Waals surface area contributed by atoms with E-state index in [2.05, 4.69) is 10.3 Å². The van der Waals surface area contributed by atoms with Gasteiger partial charge < -0.3 is 25.1 Å². The minimum atomic E-state index is -0.724. The molecule has 1 aliphatic heterocycles. The normalized spacial score (nSPS) is 15.2. The summed E-state index contributed by atoms with van der Waals surface area (Å²) in [6.45, 7) is 8.58. The zero-order valence-electron chi connectivity index (χ0n) is 19.9. The fourth-order valence-corrected chi connectivity index (χ4v) is 4.67. The number of hydrogen-bond acceptors (Lipinski definition) is 5. The van der Waals surface area contributed by atoms with Gasteiger partial charge in [0.2, 0.25) is 5.75 Å². The predicted molar refractivity (Wildman–Crippen MR) is 136 cm³/mol. The molecule has 35 heavy (non-hydrogen) atoms. The van der Waals surface area contributed by atoms with Crippen molar-refractivity contribution in [1.29, 1.82) is 0 Å². The molecule has 1 aromatic carbocycles. The molecule has 0 saturated carbocycles. The number of amides is 2. The summed E-state index contributed by atoms with van der Waals surface area (Å²) in [5.41, 5.74) is 8.40. The third-order valence-electron chi connectivity index (χ3n) is 5.71. The Balaban J connectivity index is 1.61. The Bertz CT molecular complexity index is 1320. The highest BCUT2D eigenvalue weighted by Gasteiger charge is 2.26. The second-order valence-electron chi connectivity index (χ2n) is 9.49. The number of nitrogen functional groups attached to an aromatic ring is 1. The summed E-state index contributed by atoms with van der Waals surface area (Å²) in [7, 11) is 0. The Morgan fingerprint density at radius 3 is 2.74 bits per heavy atom. The first-order valence-corrected chi connectivity index (χ1v) is 11.9. The topological polar surface area (TPSA) is 93.6 Å². The summed E-state index contributed by atoms with van der Waals surface area (Å²) in [4.78, 5) is 18.5. The van der Waals surface area contributed by atoms with E-state index in [1.54, 1.807) is 24.3 Å². The van der Waals surface area contributed by atoms with Crippen molar-refractivity contribution in [3.05, 3.63) is 57.7 Å². The monoisotopic (exact) mass is 520 g/mol. The number of aromatic nitrogens is 1. The third kappa shape index (κ3) is 5.18. The Labute approximate surface area is 213 Å². The standard InChI is InChI=1S/C25H27Cl2FN4O3/c1-13(19-17(26)5-6-18(28)20(19)27)35-22-21-15(11-30-23(22)29)16(12-34-21)14-7-9-32(10-8-14)24(33)31-25(2,3)4/h5-7,11-13H,8-10H2,1-4H3,(H2,29,30)(H,31,33).